The molecule has 2 atom stereocenters. The minimum absolute atomic E-state index is 0.0953. The van der Waals surface area contributed by atoms with Gasteiger partial charge in [-0.2, -0.15) is 0 Å². The highest BCUT2D eigenvalue weighted by Crippen LogP contribution is 2.50. The van der Waals surface area contributed by atoms with Crippen LogP contribution in [0.25, 0.3) is 0 Å². The maximum Gasteiger partial charge on any atom is 0.233 e. The lowest BCUT2D eigenvalue weighted by Gasteiger charge is -2.36. The van der Waals surface area contributed by atoms with Gasteiger partial charge in [0.05, 0.1) is 5.41 Å². The first-order chi connectivity index (χ1) is 10.0. The minimum Gasteiger partial charge on any atom is -0.342 e. The third kappa shape index (κ3) is 2.57. The molecule has 0 spiro atoms. The maximum atomic E-state index is 14.1. The first-order valence-electron chi connectivity index (χ1n) is 7.84. The molecule has 2 aliphatic rings. The Hall–Kier alpha value is -1.42. The molecule has 0 unspecified atom stereocenters. The fraction of sp³-hybridized carbons (Fsp3) is 0.588. The van der Waals surface area contributed by atoms with Crippen LogP contribution < -0.4 is 5.73 Å². The van der Waals surface area contributed by atoms with Crippen molar-refractivity contribution in [2.75, 3.05) is 13.1 Å². The van der Waals surface area contributed by atoms with Crippen LogP contribution in [0.2, 0.25) is 0 Å². The van der Waals surface area contributed by atoms with Crippen molar-refractivity contribution in [2.24, 2.45) is 11.7 Å². The van der Waals surface area contributed by atoms with E-state index < -0.39 is 5.41 Å². The molecular formula is C17H23FN2O. The highest BCUT2D eigenvalue weighted by atomic mass is 19.1. The number of amides is 1. The fourth-order valence-corrected chi connectivity index (χ4v) is 3.50. The van der Waals surface area contributed by atoms with E-state index in [1.807, 2.05) is 17.9 Å². The number of hydrogen-bond acceptors (Lipinski definition) is 2. The molecule has 2 fully saturated rings. The number of halogens is 1. The summed E-state index contributed by atoms with van der Waals surface area (Å²) in [6, 6.07) is 6.79. The summed E-state index contributed by atoms with van der Waals surface area (Å²) >= 11 is 0. The molecule has 1 aromatic carbocycles. The van der Waals surface area contributed by atoms with E-state index >= 15 is 0 Å². The van der Waals surface area contributed by atoms with Crippen molar-refractivity contribution >= 4 is 5.91 Å². The lowest BCUT2D eigenvalue weighted by molar-refractivity contribution is -0.136. The van der Waals surface area contributed by atoms with Crippen LogP contribution >= 0.6 is 0 Å². The van der Waals surface area contributed by atoms with Gasteiger partial charge >= 0.3 is 0 Å². The van der Waals surface area contributed by atoms with E-state index in [9.17, 15) is 9.18 Å². The molecule has 1 saturated carbocycles. The summed E-state index contributed by atoms with van der Waals surface area (Å²) in [4.78, 5) is 14.8. The largest absolute Gasteiger partial charge is 0.342 e. The predicted molar refractivity (Wildman–Crippen MR) is 80.3 cm³/mol. The van der Waals surface area contributed by atoms with Gasteiger partial charge in [0.1, 0.15) is 5.82 Å². The number of benzene rings is 1. The van der Waals surface area contributed by atoms with Crippen molar-refractivity contribution in [1.29, 1.82) is 0 Å². The number of likely N-dealkylation sites (tertiary alicyclic amines) is 1. The summed E-state index contributed by atoms with van der Waals surface area (Å²) in [5, 5.41) is 0. The topological polar surface area (TPSA) is 46.3 Å². The van der Waals surface area contributed by atoms with Crippen molar-refractivity contribution < 1.29 is 9.18 Å². The number of rotatable bonds is 3. The van der Waals surface area contributed by atoms with E-state index in [4.69, 9.17) is 5.73 Å². The zero-order chi connectivity index (χ0) is 15.0. The van der Waals surface area contributed by atoms with Gasteiger partial charge in [-0.25, -0.2) is 4.39 Å². The van der Waals surface area contributed by atoms with Gasteiger partial charge in [-0.15, -0.1) is 0 Å². The molecule has 0 bridgehead atoms. The minimum atomic E-state index is -0.606. The van der Waals surface area contributed by atoms with Crippen LogP contribution in [0.15, 0.2) is 24.3 Å². The summed E-state index contributed by atoms with van der Waals surface area (Å²) in [5.74, 6) is 0.196. The Morgan fingerprint density at radius 1 is 1.43 bits per heavy atom. The lowest BCUT2D eigenvalue weighted by Crippen LogP contribution is -2.48. The molecule has 1 saturated heterocycles. The number of nitrogens with two attached hydrogens (primary N) is 1. The Labute approximate surface area is 125 Å². The second-order valence-corrected chi connectivity index (χ2v) is 6.57. The van der Waals surface area contributed by atoms with Gasteiger partial charge in [0, 0.05) is 24.7 Å². The number of piperidine rings is 1. The van der Waals surface area contributed by atoms with E-state index in [-0.39, 0.29) is 17.8 Å². The third-order valence-electron chi connectivity index (χ3n) is 5.04. The monoisotopic (exact) mass is 290 g/mol. The van der Waals surface area contributed by atoms with E-state index in [1.54, 1.807) is 12.1 Å². The summed E-state index contributed by atoms with van der Waals surface area (Å²) in [5.41, 5.74) is 5.95. The van der Waals surface area contributed by atoms with Crippen LogP contribution in [-0.2, 0) is 10.2 Å². The zero-order valence-corrected chi connectivity index (χ0v) is 12.5. The SMILES string of the molecule is C[C@H](N)[C@H]1CCCN(C(=O)C2(c3ccccc3F)CC2)C1. The summed E-state index contributed by atoms with van der Waals surface area (Å²) in [6.45, 7) is 3.49. The molecule has 1 aliphatic carbocycles. The number of carbonyl (C=O) groups is 1. The predicted octanol–water partition coefficient (Wildman–Crippen LogP) is 2.44. The number of nitrogens with zero attached hydrogens (tertiary/aromatic N) is 1. The highest BCUT2D eigenvalue weighted by Gasteiger charge is 2.54. The van der Waals surface area contributed by atoms with Crippen molar-refractivity contribution in [3.8, 4) is 0 Å². The smallest absolute Gasteiger partial charge is 0.233 e. The third-order valence-corrected chi connectivity index (χ3v) is 5.04. The van der Waals surface area contributed by atoms with Crippen LogP contribution in [0.4, 0.5) is 4.39 Å². The van der Waals surface area contributed by atoms with Gasteiger partial charge in [-0.3, -0.25) is 4.79 Å². The second kappa shape index (κ2) is 5.41. The number of carbonyl (C=O) groups excluding carboxylic acids is 1. The van der Waals surface area contributed by atoms with E-state index in [1.165, 1.54) is 6.07 Å². The van der Waals surface area contributed by atoms with Crippen molar-refractivity contribution in [1.82, 2.24) is 4.90 Å². The molecule has 1 aliphatic heterocycles. The quantitative estimate of drug-likeness (QED) is 0.929. The van der Waals surface area contributed by atoms with E-state index in [2.05, 4.69) is 0 Å². The number of hydrogen-bond donors (Lipinski definition) is 1. The first-order valence-corrected chi connectivity index (χ1v) is 7.84. The van der Waals surface area contributed by atoms with Crippen LogP contribution in [-0.4, -0.2) is 29.9 Å². The van der Waals surface area contributed by atoms with Crippen LogP contribution in [0.1, 0.15) is 38.2 Å². The Balaban J connectivity index is 1.80. The van der Waals surface area contributed by atoms with Crippen molar-refractivity contribution in [2.45, 2.75) is 44.1 Å². The van der Waals surface area contributed by atoms with Gasteiger partial charge in [0.2, 0.25) is 5.91 Å². The summed E-state index contributed by atoms with van der Waals surface area (Å²) in [6.07, 6.45) is 3.58. The second-order valence-electron chi connectivity index (χ2n) is 6.57. The van der Waals surface area contributed by atoms with Gasteiger partial charge < -0.3 is 10.6 Å². The standard InChI is InChI=1S/C17H23FN2O/c1-12(19)13-5-4-10-20(11-13)16(21)17(8-9-17)14-6-2-3-7-15(14)18/h2-3,6-7,12-13H,4-5,8-11,19H2,1H3/t12-,13-/m0/s1. The van der Waals surface area contributed by atoms with Gasteiger partial charge in [0.25, 0.3) is 0 Å². The molecule has 114 valence electrons. The first kappa shape index (κ1) is 14.5. The van der Waals surface area contributed by atoms with Gasteiger partial charge in [0.15, 0.2) is 0 Å². The normalized spacial score (nSPS) is 25.5. The lowest BCUT2D eigenvalue weighted by atomic mass is 9.89. The highest BCUT2D eigenvalue weighted by molar-refractivity contribution is 5.91. The molecular weight excluding hydrogens is 267 g/mol. The molecule has 1 amide bonds. The molecule has 0 radical (unpaired) electrons. The Kier molecular flexibility index (Phi) is 3.74. The maximum absolute atomic E-state index is 14.1. The van der Waals surface area contributed by atoms with E-state index in [0.29, 0.717) is 18.0 Å². The zero-order valence-electron chi connectivity index (χ0n) is 12.5. The van der Waals surface area contributed by atoms with E-state index in [0.717, 1.165) is 32.2 Å². The Morgan fingerprint density at radius 3 is 2.76 bits per heavy atom. The van der Waals surface area contributed by atoms with Crippen molar-refractivity contribution in [3.63, 3.8) is 0 Å². The van der Waals surface area contributed by atoms with Gasteiger partial charge in [-0.1, -0.05) is 18.2 Å². The summed E-state index contributed by atoms with van der Waals surface area (Å²) < 4.78 is 14.1. The Morgan fingerprint density at radius 2 is 2.14 bits per heavy atom. The van der Waals surface area contributed by atoms with Crippen molar-refractivity contribution in [3.05, 3.63) is 35.6 Å². The average molecular weight is 290 g/mol. The molecule has 21 heavy (non-hydrogen) atoms. The van der Waals surface area contributed by atoms with Gasteiger partial charge in [-0.05, 0) is 44.6 Å². The summed E-state index contributed by atoms with van der Waals surface area (Å²) in [7, 11) is 0. The molecule has 1 heterocycles. The fourth-order valence-electron chi connectivity index (χ4n) is 3.50. The molecule has 3 nitrogen and oxygen atoms in total. The van der Waals surface area contributed by atoms with Crippen LogP contribution in [0.5, 0.6) is 0 Å². The molecule has 3 rings (SSSR count). The van der Waals surface area contributed by atoms with Crippen LogP contribution in [0, 0.1) is 11.7 Å². The van der Waals surface area contributed by atoms with Crippen LogP contribution in [0.3, 0.4) is 0 Å². The molecule has 4 heteroatoms. The Bertz CT molecular complexity index is 539. The molecule has 1 aromatic rings. The average Bonchev–Trinajstić information content (AvgIpc) is 3.28. The molecule has 2 N–H and O–H groups in total. The molecule has 0 aromatic heterocycles.